The highest BCUT2D eigenvalue weighted by atomic mass is 35.5. The Morgan fingerprint density at radius 1 is 1.36 bits per heavy atom. The van der Waals surface area contributed by atoms with Gasteiger partial charge in [0, 0.05) is 6.42 Å². The average molecular weight is 209 g/mol. The summed E-state index contributed by atoms with van der Waals surface area (Å²) in [7, 11) is 0. The molecule has 74 valence electrons. The SMILES string of the molecule is O=C(Cl)CCC1CC1c1ccccc1. The molecule has 1 aromatic carbocycles. The molecule has 2 unspecified atom stereocenters. The molecule has 0 saturated heterocycles. The van der Waals surface area contributed by atoms with Crippen LogP contribution < -0.4 is 0 Å². The third-order valence-electron chi connectivity index (χ3n) is 2.86. The van der Waals surface area contributed by atoms with Crippen LogP contribution in [0, 0.1) is 5.92 Å². The van der Waals surface area contributed by atoms with Gasteiger partial charge in [0.15, 0.2) is 0 Å². The largest absolute Gasteiger partial charge is 0.281 e. The molecule has 14 heavy (non-hydrogen) atoms. The summed E-state index contributed by atoms with van der Waals surface area (Å²) in [4.78, 5) is 10.6. The number of benzene rings is 1. The molecule has 1 aromatic rings. The lowest BCUT2D eigenvalue weighted by molar-refractivity contribution is -0.111. The number of carbonyl (C=O) groups excluding carboxylic acids is 1. The Morgan fingerprint density at radius 3 is 2.71 bits per heavy atom. The third kappa shape index (κ3) is 2.36. The van der Waals surface area contributed by atoms with Crippen molar-refractivity contribution < 1.29 is 4.79 Å². The first-order chi connectivity index (χ1) is 6.77. The van der Waals surface area contributed by atoms with E-state index in [1.807, 2.05) is 6.07 Å². The van der Waals surface area contributed by atoms with Gasteiger partial charge in [0.1, 0.15) is 0 Å². The van der Waals surface area contributed by atoms with Crippen molar-refractivity contribution in [3.63, 3.8) is 0 Å². The first-order valence-corrected chi connectivity index (χ1v) is 5.38. The summed E-state index contributed by atoms with van der Waals surface area (Å²) >= 11 is 5.30. The Morgan fingerprint density at radius 2 is 2.07 bits per heavy atom. The van der Waals surface area contributed by atoms with Crippen molar-refractivity contribution in [1.82, 2.24) is 0 Å². The fourth-order valence-electron chi connectivity index (χ4n) is 1.97. The summed E-state index contributed by atoms with van der Waals surface area (Å²) in [6, 6.07) is 10.5. The molecule has 2 atom stereocenters. The molecule has 1 saturated carbocycles. The quantitative estimate of drug-likeness (QED) is 0.694. The Bertz CT molecular complexity index is 320. The van der Waals surface area contributed by atoms with Gasteiger partial charge in [-0.2, -0.15) is 0 Å². The van der Waals surface area contributed by atoms with Crippen LogP contribution in [0.5, 0.6) is 0 Å². The standard InChI is InChI=1S/C12H13ClO/c13-12(14)7-6-10-8-11(10)9-4-2-1-3-5-9/h1-5,10-11H,6-8H2. The molecule has 0 spiro atoms. The van der Waals surface area contributed by atoms with Crippen LogP contribution >= 0.6 is 11.6 Å². The minimum atomic E-state index is -0.205. The van der Waals surface area contributed by atoms with Crippen LogP contribution in [0.4, 0.5) is 0 Å². The summed E-state index contributed by atoms with van der Waals surface area (Å²) in [6.45, 7) is 0. The molecule has 0 aromatic heterocycles. The van der Waals surface area contributed by atoms with Gasteiger partial charge in [-0.3, -0.25) is 4.79 Å². The van der Waals surface area contributed by atoms with E-state index in [1.54, 1.807) is 0 Å². The molecule has 0 aliphatic heterocycles. The van der Waals surface area contributed by atoms with Crippen molar-refractivity contribution in [3.05, 3.63) is 35.9 Å². The van der Waals surface area contributed by atoms with Crippen LogP contribution in [0.15, 0.2) is 30.3 Å². The topological polar surface area (TPSA) is 17.1 Å². The Hall–Kier alpha value is -0.820. The lowest BCUT2D eigenvalue weighted by Crippen LogP contribution is -1.89. The lowest BCUT2D eigenvalue weighted by Gasteiger charge is -1.98. The molecule has 2 rings (SSSR count). The van der Waals surface area contributed by atoms with E-state index in [9.17, 15) is 4.79 Å². The molecule has 0 N–H and O–H groups in total. The number of halogens is 1. The minimum Gasteiger partial charge on any atom is -0.281 e. The van der Waals surface area contributed by atoms with Crippen LogP contribution in [0.3, 0.4) is 0 Å². The van der Waals surface area contributed by atoms with E-state index in [1.165, 1.54) is 12.0 Å². The van der Waals surface area contributed by atoms with Gasteiger partial charge >= 0.3 is 0 Å². The van der Waals surface area contributed by atoms with Gasteiger partial charge in [0.25, 0.3) is 0 Å². The van der Waals surface area contributed by atoms with Crippen molar-refractivity contribution in [1.29, 1.82) is 0 Å². The molecule has 0 heterocycles. The molecule has 1 fully saturated rings. The van der Waals surface area contributed by atoms with Gasteiger partial charge in [-0.05, 0) is 41.8 Å². The number of rotatable bonds is 4. The second kappa shape index (κ2) is 4.14. The molecule has 1 nitrogen and oxygen atoms in total. The van der Waals surface area contributed by atoms with Crippen LogP contribution in [-0.2, 0) is 4.79 Å². The van der Waals surface area contributed by atoms with Gasteiger partial charge in [0.05, 0.1) is 0 Å². The molecular weight excluding hydrogens is 196 g/mol. The fourth-order valence-corrected chi connectivity index (χ4v) is 2.08. The molecule has 0 radical (unpaired) electrons. The maximum atomic E-state index is 10.6. The lowest BCUT2D eigenvalue weighted by atomic mass is 10.1. The number of carbonyl (C=O) groups is 1. The monoisotopic (exact) mass is 208 g/mol. The van der Waals surface area contributed by atoms with Crippen LogP contribution in [-0.4, -0.2) is 5.24 Å². The zero-order valence-corrected chi connectivity index (χ0v) is 8.70. The summed E-state index contributed by atoms with van der Waals surface area (Å²) in [5.41, 5.74) is 1.40. The first-order valence-electron chi connectivity index (χ1n) is 5.00. The van der Waals surface area contributed by atoms with Gasteiger partial charge in [0.2, 0.25) is 5.24 Å². The van der Waals surface area contributed by atoms with E-state index >= 15 is 0 Å². The van der Waals surface area contributed by atoms with E-state index in [2.05, 4.69) is 24.3 Å². The van der Waals surface area contributed by atoms with Gasteiger partial charge < -0.3 is 0 Å². The van der Waals surface area contributed by atoms with Crippen molar-refractivity contribution >= 4 is 16.8 Å². The highest BCUT2D eigenvalue weighted by Crippen LogP contribution is 2.49. The molecule has 1 aliphatic rings. The van der Waals surface area contributed by atoms with Crippen molar-refractivity contribution in [3.8, 4) is 0 Å². The number of hydrogen-bond acceptors (Lipinski definition) is 1. The Kier molecular flexibility index (Phi) is 2.87. The second-order valence-electron chi connectivity index (χ2n) is 3.91. The van der Waals surface area contributed by atoms with Crippen LogP contribution in [0.2, 0.25) is 0 Å². The van der Waals surface area contributed by atoms with E-state index in [0.717, 1.165) is 6.42 Å². The molecular formula is C12H13ClO. The molecule has 2 heteroatoms. The first kappa shape index (κ1) is 9.72. The van der Waals surface area contributed by atoms with Crippen molar-refractivity contribution in [2.24, 2.45) is 5.92 Å². The predicted molar refractivity (Wildman–Crippen MR) is 57.4 cm³/mol. The van der Waals surface area contributed by atoms with E-state index in [4.69, 9.17) is 11.6 Å². The summed E-state index contributed by atoms with van der Waals surface area (Å²) in [5, 5.41) is -0.205. The van der Waals surface area contributed by atoms with Gasteiger partial charge in [-0.15, -0.1) is 0 Å². The van der Waals surface area contributed by atoms with Gasteiger partial charge in [-0.25, -0.2) is 0 Å². The van der Waals surface area contributed by atoms with E-state index in [0.29, 0.717) is 18.3 Å². The Labute approximate surface area is 89.1 Å². The van der Waals surface area contributed by atoms with Crippen molar-refractivity contribution in [2.75, 3.05) is 0 Å². The Balaban J connectivity index is 1.85. The summed E-state index contributed by atoms with van der Waals surface area (Å²) in [5.74, 6) is 1.35. The predicted octanol–water partition coefficient (Wildman–Crippen LogP) is 3.34. The van der Waals surface area contributed by atoms with E-state index in [-0.39, 0.29) is 5.24 Å². The minimum absolute atomic E-state index is 0.205. The van der Waals surface area contributed by atoms with Crippen molar-refractivity contribution in [2.45, 2.75) is 25.2 Å². The third-order valence-corrected chi connectivity index (χ3v) is 3.05. The fraction of sp³-hybridized carbons (Fsp3) is 0.417. The highest BCUT2D eigenvalue weighted by Gasteiger charge is 2.37. The zero-order chi connectivity index (χ0) is 9.97. The summed E-state index contributed by atoms with van der Waals surface area (Å²) < 4.78 is 0. The molecule has 0 amide bonds. The van der Waals surface area contributed by atoms with Crippen LogP contribution in [0.1, 0.15) is 30.7 Å². The molecule has 1 aliphatic carbocycles. The van der Waals surface area contributed by atoms with Gasteiger partial charge in [-0.1, -0.05) is 30.3 Å². The van der Waals surface area contributed by atoms with Crippen LogP contribution in [0.25, 0.3) is 0 Å². The molecule has 0 bridgehead atoms. The summed E-state index contributed by atoms with van der Waals surface area (Å²) in [6.07, 6.45) is 2.69. The maximum absolute atomic E-state index is 10.6. The average Bonchev–Trinajstić information content (AvgIpc) is 2.95. The highest BCUT2D eigenvalue weighted by molar-refractivity contribution is 6.63. The zero-order valence-electron chi connectivity index (χ0n) is 7.95. The van der Waals surface area contributed by atoms with E-state index < -0.39 is 0 Å². The maximum Gasteiger partial charge on any atom is 0.221 e. The number of hydrogen-bond donors (Lipinski definition) is 0. The smallest absolute Gasteiger partial charge is 0.221 e. The normalized spacial score (nSPS) is 24.6. The second-order valence-corrected chi connectivity index (χ2v) is 4.33.